The van der Waals surface area contributed by atoms with Crippen molar-refractivity contribution in [2.45, 2.75) is 37.8 Å². The van der Waals surface area contributed by atoms with Crippen molar-refractivity contribution in [1.82, 2.24) is 5.32 Å². The van der Waals surface area contributed by atoms with E-state index in [0.717, 1.165) is 19.3 Å². The molecule has 2 N–H and O–H groups in total. The molecule has 2 fully saturated rings. The zero-order chi connectivity index (χ0) is 11.8. The van der Waals surface area contributed by atoms with Crippen molar-refractivity contribution in [3.8, 4) is 0 Å². The topological polar surface area (TPSA) is 83.5 Å². The van der Waals surface area contributed by atoms with E-state index in [-0.39, 0.29) is 23.5 Å². The number of carbonyl (C=O) groups is 1. The number of sulfone groups is 1. The van der Waals surface area contributed by atoms with E-state index in [1.807, 2.05) is 0 Å². The van der Waals surface area contributed by atoms with Crippen LogP contribution in [0.5, 0.6) is 0 Å². The summed E-state index contributed by atoms with van der Waals surface area (Å²) in [7, 11) is -2.96. The third-order valence-electron chi connectivity index (χ3n) is 3.24. The van der Waals surface area contributed by atoms with E-state index < -0.39 is 21.8 Å². The predicted octanol–water partition coefficient (Wildman–Crippen LogP) is 0.0164. The molecule has 1 aliphatic carbocycles. The number of aliphatic carboxylic acids is 1. The van der Waals surface area contributed by atoms with E-state index in [4.69, 9.17) is 5.11 Å². The zero-order valence-electron chi connectivity index (χ0n) is 9.05. The lowest BCUT2D eigenvalue weighted by molar-refractivity contribution is -0.140. The van der Waals surface area contributed by atoms with Crippen molar-refractivity contribution in [3.05, 3.63) is 0 Å². The van der Waals surface area contributed by atoms with Crippen molar-refractivity contribution in [2.75, 3.05) is 11.5 Å². The molecular weight excluding hydrogens is 230 g/mol. The molecule has 2 atom stereocenters. The third kappa shape index (κ3) is 2.95. The van der Waals surface area contributed by atoms with Crippen LogP contribution in [-0.2, 0) is 14.6 Å². The van der Waals surface area contributed by atoms with Crippen LogP contribution < -0.4 is 5.32 Å². The number of hydrogen-bond donors (Lipinski definition) is 2. The van der Waals surface area contributed by atoms with Gasteiger partial charge < -0.3 is 10.4 Å². The van der Waals surface area contributed by atoms with Gasteiger partial charge in [0.05, 0.1) is 11.5 Å². The van der Waals surface area contributed by atoms with Crippen LogP contribution in [0.15, 0.2) is 0 Å². The smallest absolute Gasteiger partial charge is 0.320 e. The van der Waals surface area contributed by atoms with Crippen LogP contribution >= 0.6 is 0 Å². The molecule has 0 amide bonds. The maximum atomic E-state index is 11.4. The molecule has 0 aromatic carbocycles. The van der Waals surface area contributed by atoms with Gasteiger partial charge in [0.2, 0.25) is 0 Å². The number of rotatable bonds is 4. The fraction of sp³-hybridized carbons (Fsp3) is 0.900. The minimum Gasteiger partial charge on any atom is -0.480 e. The van der Waals surface area contributed by atoms with Crippen LogP contribution in [0.2, 0.25) is 0 Å². The second kappa shape index (κ2) is 4.33. The van der Waals surface area contributed by atoms with E-state index in [9.17, 15) is 13.2 Å². The highest BCUT2D eigenvalue weighted by atomic mass is 32.2. The molecule has 2 unspecified atom stereocenters. The van der Waals surface area contributed by atoms with Crippen molar-refractivity contribution >= 4 is 15.8 Å². The Morgan fingerprint density at radius 2 is 2.00 bits per heavy atom. The van der Waals surface area contributed by atoms with E-state index in [0.29, 0.717) is 6.42 Å². The normalized spacial score (nSPS) is 30.9. The molecule has 0 radical (unpaired) electrons. The van der Waals surface area contributed by atoms with E-state index in [2.05, 4.69) is 5.32 Å². The lowest BCUT2D eigenvalue weighted by atomic mass is 10.1. The summed E-state index contributed by atoms with van der Waals surface area (Å²) in [5, 5.41) is 12.0. The van der Waals surface area contributed by atoms with Crippen LogP contribution in [0, 0.1) is 5.92 Å². The van der Waals surface area contributed by atoms with Crippen molar-refractivity contribution in [1.29, 1.82) is 0 Å². The second-order valence-corrected chi connectivity index (χ2v) is 7.00. The van der Waals surface area contributed by atoms with Gasteiger partial charge in [0.25, 0.3) is 0 Å². The highest BCUT2D eigenvalue weighted by molar-refractivity contribution is 7.91. The molecule has 6 heteroatoms. The number of nitrogens with one attached hydrogen (secondary N) is 1. The summed E-state index contributed by atoms with van der Waals surface area (Å²) < 4.78 is 22.8. The quantitative estimate of drug-likeness (QED) is 0.731. The third-order valence-corrected chi connectivity index (χ3v) is 5.06. The SMILES string of the molecule is O=C(O)C(NC1CCCS(=O)(=O)C1)C1CC1. The number of carboxylic acids is 1. The Labute approximate surface area is 95.1 Å². The zero-order valence-corrected chi connectivity index (χ0v) is 9.87. The molecule has 0 aromatic heterocycles. The largest absolute Gasteiger partial charge is 0.480 e. The Morgan fingerprint density at radius 1 is 1.31 bits per heavy atom. The van der Waals surface area contributed by atoms with E-state index in [1.54, 1.807) is 0 Å². The van der Waals surface area contributed by atoms with Crippen LogP contribution in [0.4, 0.5) is 0 Å². The highest BCUT2D eigenvalue weighted by Gasteiger charge is 2.38. The van der Waals surface area contributed by atoms with Gasteiger partial charge in [-0.1, -0.05) is 0 Å². The molecule has 0 bridgehead atoms. The summed E-state index contributed by atoms with van der Waals surface area (Å²) in [5.41, 5.74) is 0. The molecule has 0 spiro atoms. The highest BCUT2D eigenvalue weighted by Crippen LogP contribution is 2.33. The van der Waals surface area contributed by atoms with E-state index >= 15 is 0 Å². The lowest BCUT2D eigenvalue weighted by Gasteiger charge is -2.26. The Kier molecular flexibility index (Phi) is 3.21. The van der Waals surface area contributed by atoms with Gasteiger partial charge in [0.1, 0.15) is 6.04 Å². The first kappa shape index (κ1) is 11.9. The first-order valence-corrected chi connectivity index (χ1v) is 7.49. The summed E-state index contributed by atoms with van der Waals surface area (Å²) >= 11 is 0. The first-order chi connectivity index (χ1) is 7.48. The van der Waals surface area contributed by atoms with Crippen molar-refractivity contribution < 1.29 is 18.3 Å². The van der Waals surface area contributed by atoms with Gasteiger partial charge in [0.15, 0.2) is 9.84 Å². The summed E-state index contributed by atoms with van der Waals surface area (Å²) in [6, 6.07) is -0.737. The van der Waals surface area contributed by atoms with Gasteiger partial charge in [-0.2, -0.15) is 0 Å². The fourth-order valence-electron chi connectivity index (χ4n) is 2.25. The molecule has 1 saturated carbocycles. The number of hydrogen-bond acceptors (Lipinski definition) is 4. The Balaban J connectivity index is 1.94. The maximum Gasteiger partial charge on any atom is 0.320 e. The van der Waals surface area contributed by atoms with Gasteiger partial charge >= 0.3 is 5.97 Å². The summed E-state index contributed by atoms with van der Waals surface area (Å²) in [6.07, 6.45) is 3.26. The van der Waals surface area contributed by atoms with Gasteiger partial charge in [0, 0.05) is 6.04 Å². The van der Waals surface area contributed by atoms with Crippen LogP contribution in [-0.4, -0.2) is 43.1 Å². The summed E-state index contributed by atoms with van der Waals surface area (Å²) in [6.45, 7) is 0. The van der Waals surface area contributed by atoms with Crippen LogP contribution in [0.1, 0.15) is 25.7 Å². The molecule has 1 aliphatic heterocycles. The minimum absolute atomic E-state index is 0.0868. The van der Waals surface area contributed by atoms with E-state index in [1.165, 1.54) is 0 Å². The lowest BCUT2D eigenvalue weighted by Crippen LogP contribution is -2.49. The molecule has 16 heavy (non-hydrogen) atoms. The average Bonchev–Trinajstić information content (AvgIpc) is 2.95. The van der Waals surface area contributed by atoms with Gasteiger partial charge in [-0.3, -0.25) is 4.79 Å². The second-order valence-electron chi connectivity index (χ2n) is 4.77. The van der Waals surface area contributed by atoms with Gasteiger partial charge in [-0.05, 0) is 31.6 Å². The molecule has 1 heterocycles. The fourth-order valence-corrected chi connectivity index (χ4v) is 3.90. The van der Waals surface area contributed by atoms with Crippen molar-refractivity contribution in [2.24, 2.45) is 5.92 Å². The molecule has 5 nitrogen and oxygen atoms in total. The maximum absolute atomic E-state index is 11.4. The Hall–Kier alpha value is -0.620. The first-order valence-electron chi connectivity index (χ1n) is 5.67. The minimum atomic E-state index is -2.96. The molecule has 92 valence electrons. The summed E-state index contributed by atoms with van der Waals surface area (Å²) in [5.74, 6) is -0.330. The van der Waals surface area contributed by atoms with Crippen LogP contribution in [0.3, 0.4) is 0 Å². The molecule has 1 saturated heterocycles. The Bertz CT molecular complexity index is 374. The molecule has 2 rings (SSSR count). The van der Waals surface area contributed by atoms with Gasteiger partial charge in [-0.15, -0.1) is 0 Å². The molecular formula is C10H17NO4S. The van der Waals surface area contributed by atoms with Crippen LogP contribution in [0.25, 0.3) is 0 Å². The molecule has 0 aromatic rings. The Morgan fingerprint density at radius 3 is 2.50 bits per heavy atom. The standard InChI is InChI=1S/C10H17NO4S/c12-10(13)9(7-3-4-7)11-8-2-1-5-16(14,15)6-8/h7-9,11H,1-6H2,(H,12,13). The average molecular weight is 247 g/mol. The predicted molar refractivity (Wildman–Crippen MR) is 59.0 cm³/mol. The summed E-state index contributed by atoms with van der Waals surface area (Å²) in [4.78, 5) is 11.0. The monoisotopic (exact) mass is 247 g/mol. The number of carboxylic acid groups (broad SMARTS) is 1. The molecule has 2 aliphatic rings. The van der Waals surface area contributed by atoms with Gasteiger partial charge in [-0.25, -0.2) is 8.42 Å². The van der Waals surface area contributed by atoms with Crippen molar-refractivity contribution in [3.63, 3.8) is 0 Å².